The van der Waals surface area contributed by atoms with Crippen molar-refractivity contribution in [2.24, 2.45) is 0 Å². The first-order chi connectivity index (χ1) is 17.7. The molecule has 180 valence electrons. The summed E-state index contributed by atoms with van der Waals surface area (Å²) in [6.45, 7) is 0. The molecule has 2 nitrogen and oxygen atoms in total. The van der Waals surface area contributed by atoms with E-state index >= 15 is 0 Å². The van der Waals surface area contributed by atoms with E-state index in [2.05, 4.69) is 83.5 Å². The Morgan fingerprint density at radius 3 is 1.25 bits per heavy atom. The van der Waals surface area contributed by atoms with Crippen LogP contribution in [0.5, 0.6) is 0 Å². The summed E-state index contributed by atoms with van der Waals surface area (Å²) in [6, 6.07) is 37.7. The van der Waals surface area contributed by atoms with E-state index in [9.17, 15) is 0 Å². The van der Waals surface area contributed by atoms with Crippen molar-refractivity contribution in [3.63, 3.8) is 0 Å². The van der Waals surface area contributed by atoms with Crippen molar-refractivity contribution in [3.05, 3.63) is 144 Å². The monoisotopic (exact) mass is 548 g/mol. The molecule has 0 aliphatic heterocycles. The minimum absolute atomic E-state index is 0.620. The molecule has 2 unspecified atom stereocenters. The molecule has 3 heteroatoms. The summed E-state index contributed by atoms with van der Waals surface area (Å²) in [5, 5.41) is 6.05. The molecule has 0 radical (unpaired) electrons. The van der Waals surface area contributed by atoms with Crippen molar-refractivity contribution in [3.8, 4) is 0 Å². The average Bonchev–Trinajstić information content (AvgIpc) is 3.59. The fourth-order valence-electron chi connectivity index (χ4n) is 4.55. The first-order valence-electron chi connectivity index (χ1n) is 12.4. The van der Waals surface area contributed by atoms with Gasteiger partial charge in [0.1, 0.15) is 0 Å². The number of nitrogens with one attached hydrogen (secondary N) is 2. The van der Waals surface area contributed by atoms with Gasteiger partial charge in [-0.25, -0.2) is 0 Å². The second-order valence-electron chi connectivity index (χ2n) is 8.74. The van der Waals surface area contributed by atoms with E-state index < -0.39 is 21.3 Å². The molecule has 0 bridgehead atoms. The van der Waals surface area contributed by atoms with E-state index in [1.165, 1.54) is 22.3 Å². The summed E-state index contributed by atoms with van der Waals surface area (Å²) >= 11 is -1.85. The second kappa shape index (κ2) is 13.1. The first kappa shape index (κ1) is 25.8. The number of hydrogen-bond acceptors (Lipinski definition) is 2. The normalized spacial score (nSPS) is 15.9. The van der Waals surface area contributed by atoms with Gasteiger partial charge in [0, 0.05) is 25.5 Å². The van der Waals surface area contributed by atoms with E-state index in [1.54, 1.807) is 0 Å². The minimum atomic E-state index is -1.85. The molecule has 0 saturated heterocycles. The van der Waals surface area contributed by atoms with E-state index in [4.69, 9.17) is 4.21 Å². The summed E-state index contributed by atoms with van der Waals surface area (Å²) in [4.78, 5) is 0. The average molecular weight is 550 g/mol. The maximum absolute atomic E-state index is 4.69. The Morgan fingerprint density at radius 2 is 0.889 bits per heavy atom. The number of benzene rings is 4. The molecule has 4 aromatic carbocycles. The Morgan fingerprint density at radius 1 is 0.528 bits per heavy atom. The van der Waals surface area contributed by atoms with Crippen molar-refractivity contribution < 1.29 is 21.3 Å². The van der Waals surface area contributed by atoms with Crippen LogP contribution in [-0.2, 0) is 21.3 Å². The SMILES string of the molecule is CNc1ccccc1.CNc1ccccc1.[CH2]=[Zr]([CH]1C=Cc2ccccc21)[CH]1C=Cc2ccccc21. The summed E-state index contributed by atoms with van der Waals surface area (Å²) < 4.78 is 5.93. The number of hydrogen-bond donors (Lipinski definition) is 2. The third-order valence-electron chi connectivity index (χ3n) is 6.52. The number of para-hydroxylation sites is 2. The van der Waals surface area contributed by atoms with E-state index in [1.807, 2.05) is 74.8 Å². The van der Waals surface area contributed by atoms with E-state index in [-0.39, 0.29) is 0 Å². The van der Waals surface area contributed by atoms with Gasteiger partial charge in [-0.15, -0.1) is 0 Å². The molecule has 6 rings (SSSR count). The molecular weight excluding hydrogens is 516 g/mol. The maximum atomic E-state index is 4.69. The van der Waals surface area contributed by atoms with Gasteiger partial charge < -0.3 is 10.6 Å². The first-order valence-corrected chi connectivity index (χ1v) is 17.0. The van der Waals surface area contributed by atoms with Gasteiger partial charge in [0.15, 0.2) is 0 Å². The summed E-state index contributed by atoms with van der Waals surface area (Å²) in [6.07, 6.45) is 9.38. The van der Waals surface area contributed by atoms with Gasteiger partial charge in [0.25, 0.3) is 0 Å². The molecule has 4 aromatic rings. The van der Waals surface area contributed by atoms with Gasteiger partial charge in [-0.3, -0.25) is 0 Å². The molecule has 0 spiro atoms. The van der Waals surface area contributed by atoms with Crippen LogP contribution in [0.4, 0.5) is 11.4 Å². The Hall–Kier alpha value is -3.29. The number of allylic oxidation sites excluding steroid dienone is 2. The zero-order valence-electron chi connectivity index (χ0n) is 21.1. The molecule has 0 fully saturated rings. The predicted octanol–water partition coefficient (Wildman–Crippen LogP) is 8.03. The van der Waals surface area contributed by atoms with Crippen molar-refractivity contribution in [2.75, 3.05) is 24.7 Å². The molecule has 0 heterocycles. The van der Waals surface area contributed by atoms with Crippen LogP contribution < -0.4 is 10.6 Å². The fraction of sp³-hybridized carbons (Fsp3) is 0.121. The van der Waals surface area contributed by atoms with Gasteiger partial charge >= 0.3 is 128 Å². The third kappa shape index (κ3) is 6.47. The van der Waals surface area contributed by atoms with Gasteiger partial charge in [0.05, 0.1) is 0 Å². The summed E-state index contributed by atoms with van der Waals surface area (Å²) in [5.41, 5.74) is 8.13. The Bertz CT molecular complexity index is 1220. The van der Waals surface area contributed by atoms with Crippen molar-refractivity contribution in [1.29, 1.82) is 0 Å². The summed E-state index contributed by atoms with van der Waals surface area (Å²) in [5.74, 6) is 0. The van der Waals surface area contributed by atoms with Crippen molar-refractivity contribution in [2.45, 2.75) is 7.25 Å². The molecule has 36 heavy (non-hydrogen) atoms. The zero-order valence-corrected chi connectivity index (χ0v) is 23.5. The van der Waals surface area contributed by atoms with Gasteiger partial charge in [-0.2, -0.15) is 0 Å². The third-order valence-corrected chi connectivity index (χ3v) is 12.9. The molecule has 0 aromatic heterocycles. The van der Waals surface area contributed by atoms with Crippen LogP contribution in [0.1, 0.15) is 29.5 Å². The predicted molar refractivity (Wildman–Crippen MR) is 156 cm³/mol. The molecule has 0 amide bonds. The standard InChI is InChI=1S/2C9H7.2C7H9N.CH2.Zr/c2*1-2-5-9-7-3-6-8(9)4-1;2*1-8-7-5-3-2-4-6-7;;/h2*1-7H;2*2-6,8H,1H3;1H2;. The van der Waals surface area contributed by atoms with Crippen LogP contribution in [0.15, 0.2) is 121 Å². The van der Waals surface area contributed by atoms with Crippen LogP contribution >= 0.6 is 0 Å². The van der Waals surface area contributed by atoms with Crippen LogP contribution in [-0.4, -0.2) is 18.3 Å². The molecular formula is C33H34N2Zr. The van der Waals surface area contributed by atoms with Crippen LogP contribution in [0.2, 0.25) is 0 Å². The molecule has 2 aliphatic rings. The van der Waals surface area contributed by atoms with Gasteiger partial charge in [-0.1, -0.05) is 36.4 Å². The number of anilines is 2. The van der Waals surface area contributed by atoms with Crippen LogP contribution in [0.3, 0.4) is 0 Å². The Kier molecular flexibility index (Phi) is 9.42. The van der Waals surface area contributed by atoms with Crippen molar-refractivity contribution in [1.82, 2.24) is 0 Å². The Balaban J connectivity index is 0.000000157. The molecule has 0 saturated carbocycles. The number of fused-ring (bicyclic) bond motifs is 2. The number of rotatable bonds is 4. The van der Waals surface area contributed by atoms with Crippen LogP contribution in [0.25, 0.3) is 12.2 Å². The zero-order chi connectivity index (χ0) is 25.2. The fourth-order valence-corrected chi connectivity index (χ4v) is 10.4. The summed E-state index contributed by atoms with van der Waals surface area (Å²) in [7, 11) is 3.82. The van der Waals surface area contributed by atoms with E-state index in [0.29, 0.717) is 7.25 Å². The van der Waals surface area contributed by atoms with E-state index in [0.717, 1.165) is 11.4 Å². The molecule has 2 N–H and O–H groups in total. The molecule has 2 atom stereocenters. The topological polar surface area (TPSA) is 24.1 Å². The Labute approximate surface area is 223 Å². The van der Waals surface area contributed by atoms with Gasteiger partial charge in [0.2, 0.25) is 0 Å². The second-order valence-corrected chi connectivity index (χ2v) is 14.6. The van der Waals surface area contributed by atoms with Crippen molar-refractivity contribution >= 4 is 27.7 Å². The quantitative estimate of drug-likeness (QED) is 0.269. The molecule has 2 aliphatic carbocycles. The van der Waals surface area contributed by atoms with Gasteiger partial charge in [-0.05, 0) is 24.3 Å². The van der Waals surface area contributed by atoms with Crippen LogP contribution in [0, 0.1) is 0 Å².